The van der Waals surface area contributed by atoms with Crippen molar-refractivity contribution in [3.8, 4) is 0 Å². The summed E-state index contributed by atoms with van der Waals surface area (Å²) in [5.74, 6) is -0.0240. The maximum absolute atomic E-state index is 14.1. The molecule has 5 heteroatoms. The molecule has 1 aromatic carbocycles. The number of hydrogen-bond acceptors (Lipinski definition) is 2. The van der Waals surface area contributed by atoms with E-state index in [0.717, 1.165) is 25.9 Å². The minimum atomic E-state index is -0.401. The van der Waals surface area contributed by atoms with Gasteiger partial charge in [0.25, 0.3) is 0 Å². The van der Waals surface area contributed by atoms with Crippen molar-refractivity contribution in [1.82, 2.24) is 10.2 Å². The number of amides is 1. The highest BCUT2D eigenvalue weighted by atomic mass is 35.5. The van der Waals surface area contributed by atoms with Gasteiger partial charge in [0.1, 0.15) is 5.82 Å². The van der Waals surface area contributed by atoms with Crippen LogP contribution in [0.4, 0.5) is 4.39 Å². The first-order valence-electron chi connectivity index (χ1n) is 6.86. The first-order valence-corrected chi connectivity index (χ1v) is 6.86. The lowest BCUT2D eigenvalue weighted by atomic mass is 9.68. The van der Waals surface area contributed by atoms with Gasteiger partial charge in [-0.1, -0.05) is 18.2 Å². The molecule has 1 N–H and O–H groups in total. The van der Waals surface area contributed by atoms with Gasteiger partial charge in [-0.25, -0.2) is 4.39 Å². The molecule has 0 aromatic heterocycles. The lowest BCUT2D eigenvalue weighted by Gasteiger charge is -2.36. The molecule has 20 heavy (non-hydrogen) atoms. The van der Waals surface area contributed by atoms with Gasteiger partial charge in [-0.3, -0.25) is 4.79 Å². The average Bonchev–Trinajstić information content (AvgIpc) is 2.66. The van der Waals surface area contributed by atoms with Gasteiger partial charge in [0.2, 0.25) is 5.91 Å². The van der Waals surface area contributed by atoms with Gasteiger partial charge in [-0.15, -0.1) is 12.4 Å². The zero-order valence-corrected chi connectivity index (χ0v) is 12.4. The van der Waals surface area contributed by atoms with E-state index in [4.69, 9.17) is 0 Å². The third kappa shape index (κ3) is 2.21. The summed E-state index contributed by atoms with van der Waals surface area (Å²) in [7, 11) is 1.83. The Hall–Kier alpha value is -1.13. The van der Waals surface area contributed by atoms with Crippen molar-refractivity contribution in [3.63, 3.8) is 0 Å². The normalized spacial score (nSPS) is 24.8. The molecule has 1 atom stereocenters. The predicted molar refractivity (Wildman–Crippen MR) is 78.6 cm³/mol. The number of piperidine rings is 1. The standard InChI is InChI=1S/C15H19FN2O.ClH/c1-18-10-12(11-4-2-3-5-13(11)16)15(14(18)19)6-8-17-9-7-15;/h2-5,12,17H,6-10H2,1H3;1H. The molecule has 110 valence electrons. The van der Waals surface area contributed by atoms with Gasteiger partial charge in [0.05, 0.1) is 5.41 Å². The molecule has 3 nitrogen and oxygen atoms in total. The molecule has 1 unspecified atom stereocenters. The molecule has 0 radical (unpaired) electrons. The number of nitrogens with zero attached hydrogens (tertiary/aromatic N) is 1. The fourth-order valence-corrected chi connectivity index (χ4v) is 3.65. The van der Waals surface area contributed by atoms with E-state index < -0.39 is 5.41 Å². The van der Waals surface area contributed by atoms with Gasteiger partial charge in [-0.2, -0.15) is 0 Å². The number of benzene rings is 1. The second kappa shape index (κ2) is 5.70. The molecule has 2 saturated heterocycles. The number of hydrogen-bond donors (Lipinski definition) is 1. The highest BCUT2D eigenvalue weighted by Gasteiger charge is 2.53. The average molecular weight is 299 g/mol. The van der Waals surface area contributed by atoms with Gasteiger partial charge in [0.15, 0.2) is 0 Å². The van der Waals surface area contributed by atoms with Crippen molar-refractivity contribution in [1.29, 1.82) is 0 Å². The Kier molecular flexibility index (Phi) is 4.35. The number of carbonyl (C=O) groups excluding carboxylic acids is 1. The Morgan fingerprint density at radius 2 is 1.95 bits per heavy atom. The molecule has 2 aliphatic heterocycles. The second-order valence-electron chi connectivity index (χ2n) is 5.67. The number of halogens is 2. The third-order valence-electron chi connectivity index (χ3n) is 4.67. The molecule has 2 heterocycles. The van der Waals surface area contributed by atoms with Crippen LogP contribution in [-0.4, -0.2) is 37.5 Å². The summed E-state index contributed by atoms with van der Waals surface area (Å²) in [5, 5.41) is 3.29. The van der Waals surface area contributed by atoms with E-state index in [1.807, 2.05) is 19.2 Å². The Morgan fingerprint density at radius 1 is 1.30 bits per heavy atom. The van der Waals surface area contributed by atoms with E-state index in [-0.39, 0.29) is 30.0 Å². The first kappa shape index (κ1) is 15.3. The number of likely N-dealkylation sites (tertiary alicyclic amines) is 1. The Morgan fingerprint density at radius 3 is 2.60 bits per heavy atom. The molecule has 0 saturated carbocycles. The number of carbonyl (C=O) groups is 1. The van der Waals surface area contributed by atoms with Crippen LogP contribution >= 0.6 is 12.4 Å². The largest absolute Gasteiger partial charge is 0.345 e. The van der Waals surface area contributed by atoms with E-state index >= 15 is 0 Å². The lowest BCUT2D eigenvalue weighted by Crippen LogP contribution is -2.44. The van der Waals surface area contributed by atoms with Crippen LogP contribution in [-0.2, 0) is 4.79 Å². The monoisotopic (exact) mass is 298 g/mol. The maximum atomic E-state index is 14.1. The fraction of sp³-hybridized carbons (Fsp3) is 0.533. The van der Waals surface area contributed by atoms with Crippen LogP contribution in [0.1, 0.15) is 24.3 Å². The lowest BCUT2D eigenvalue weighted by molar-refractivity contribution is -0.136. The molecule has 1 aromatic rings. The van der Waals surface area contributed by atoms with Crippen LogP contribution in [0.25, 0.3) is 0 Å². The van der Waals surface area contributed by atoms with Crippen LogP contribution in [0.5, 0.6) is 0 Å². The summed E-state index contributed by atoms with van der Waals surface area (Å²) in [6, 6.07) is 6.88. The van der Waals surface area contributed by atoms with Crippen LogP contribution in [0.2, 0.25) is 0 Å². The summed E-state index contributed by atoms with van der Waals surface area (Å²) in [5.41, 5.74) is 0.296. The van der Waals surface area contributed by atoms with Crippen LogP contribution < -0.4 is 5.32 Å². The van der Waals surface area contributed by atoms with Crippen molar-refractivity contribution >= 4 is 18.3 Å². The molecular formula is C15H20ClFN2O. The molecule has 0 aliphatic carbocycles. The number of rotatable bonds is 1. The van der Waals surface area contributed by atoms with Gasteiger partial charge >= 0.3 is 0 Å². The van der Waals surface area contributed by atoms with Gasteiger partial charge in [-0.05, 0) is 37.6 Å². The van der Waals surface area contributed by atoms with Crippen LogP contribution in [0.15, 0.2) is 24.3 Å². The molecule has 2 fully saturated rings. The van der Waals surface area contributed by atoms with E-state index in [2.05, 4.69) is 5.32 Å². The quantitative estimate of drug-likeness (QED) is 0.862. The summed E-state index contributed by atoms with van der Waals surface area (Å²) >= 11 is 0. The molecule has 3 rings (SSSR count). The minimum absolute atomic E-state index is 0. The highest BCUT2D eigenvalue weighted by molar-refractivity contribution is 5.86. The summed E-state index contributed by atoms with van der Waals surface area (Å²) in [6.07, 6.45) is 1.60. The van der Waals surface area contributed by atoms with Crippen molar-refractivity contribution in [2.75, 3.05) is 26.7 Å². The highest BCUT2D eigenvalue weighted by Crippen LogP contribution is 2.49. The predicted octanol–water partition coefficient (Wildman–Crippen LogP) is 2.17. The van der Waals surface area contributed by atoms with Gasteiger partial charge in [0, 0.05) is 19.5 Å². The van der Waals surface area contributed by atoms with Crippen molar-refractivity contribution in [2.24, 2.45) is 5.41 Å². The molecule has 2 aliphatic rings. The smallest absolute Gasteiger partial charge is 0.229 e. The topological polar surface area (TPSA) is 32.3 Å². The third-order valence-corrected chi connectivity index (χ3v) is 4.67. The first-order chi connectivity index (χ1) is 9.15. The van der Waals surface area contributed by atoms with E-state index in [1.165, 1.54) is 6.07 Å². The Bertz CT molecular complexity index is 502. The Labute approximate surface area is 124 Å². The summed E-state index contributed by atoms with van der Waals surface area (Å²) in [4.78, 5) is 14.3. The van der Waals surface area contributed by atoms with E-state index in [0.29, 0.717) is 12.1 Å². The molecule has 1 amide bonds. The molecular weight excluding hydrogens is 279 g/mol. The van der Waals surface area contributed by atoms with Crippen LogP contribution in [0.3, 0.4) is 0 Å². The SMILES string of the molecule is CN1CC(c2ccccc2F)C2(CCNCC2)C1=O.Cl. The van der Waals surface area contributed by atoms with E-state index in [1.54, 1.807) is 11.0 Å². The molecule has 1 spiro atoms. The minimum Gasteiger partial charge on any atom is -0.345 e. The van der Waals surface area contributed by atoms with Crippen LogP contribution in [0, 0.1) is 11.2 Å². The van der Waals surface area contributed by atoms with Crippen molar-refractivity contribution in [2.45, 2.75) is 18.8 Å². The zero-order valence-electron chi connectivity index (χ0n) is 11.6. The molecule has 0 bridgehead atoms. The summed E-state index contributed by atoms with van der Waals surface area (Å²) < 4.78 is 14.1. The zero-order chi connectivity index (χ0) is 13.5. The fourth-order valence-electron chi connectivity index (χ4n) is 3.65. The van der Waals surface area contributed by atoms with Crippen molar-refractivity contribution < 1.29 is 9.18 Å². The maximum Gasteiger partial charge on any atom is 0.229 e. The van der Waals surface area contributed by atoms with Gasteiger partial charge < -0.3 is 10.2 Å². The number of nitrogens with one attached hydrogen (secondary N) is 1. The Balaban J connectivity index is 0.00000147. The second-order valence-corrected chi connectivity index (χ2v) is 5.67. The van der Waals surface area contributed by atoms with Crippen molar-refractivity contribution in [3.05, 3.63) is 35.6 Å². The number of likely N-dealkylation sites (N-methyl/N-ethyl adjacent to an activating group) is 1. The van der Waals surface area contributed by atoms with E-state index in [9.17, 15) is 9.18 Å². The summed E-state index contributed by atoms with van der Waals surface area (Å²) in [6.45, 7) is 2.30.